The topological polar surface area (TPSA) is 49.4 Å². The largest absolute Gasteiger partial charge is 0.340 e. The van der Waals surface area contributed by atoms with Crippen LogP contribution in [0.4, 0.5) is 0 Å². The van der Waals surface area contributed by atoms with Crippen LogP contribution >= 0.6 is 0 Å². The average Bonchev–Trinajstić information content (AvgIpc) is 3.07. The standard InChI is InChI=1S/C12H20N2O2/c1-5-11(2)9(15)13-12(3,8-6-7-8)10(16)14(11)4/h8H,5-7H2,1-4H3,(H,13,15). The normalized spacial score (nSPS) is 39.9. The maximum Gasteiger partial charge on any atom is 0.248 e. The highest BCUT2D eigenvalue weighted by Gasteiger charge is 2.57. The summed E-state index contributed by atoms with van der Waals surface area (Å²) in [4.78, 5) is 26.1. The Morgan fingerprint density at radius 3 is 2.38 bits per heavy atom. The van der Waals surface area contributed by atoms with Crippen LogP contribution in [0.2, 0.25) is 0 Å². The van der Waals surface area contributed by atoms with Crippen LogP contribution in [0.3, 0.4) is 0 Å². The number of amides is 2. The van der Waals surface area contributed by atoms with E-state index >= 15 is 0 Å². The number of carbonyl (C=O) groups is 2. The molecule has 1 saturated carbocycles. The molecule has 2 atom stereocenters. The summed E-state index contributed by atoms with van der Waals surface area (Å²) >= 11 is 0. The molecule has 0 aromatic carbocycles. The third-order valence-electron chi connectivity index (χ3n) is 4.43. The number of nitrogens with one attached hydrogen (secondary N) is 1. The number of rotatable bonds is 2. The quantitative estimate of drug-likeness (QED) is 0.758. The predicted molar refractivity (Wildman–Crippen MR) is 60.7 cm³/mol. The number of hydrogen-bond donors (Lipinski definition) is 1. The Labute approximate surface area is 96.4 Å². The van der Waals surface area contributed by atoms with Crippen LogP contribution in [0.1, 0.15) is 40.0 Å². The maximum atomic E-state index is 12.4. The van der Waals surface area contributed by atoms with Gasteiger partial charge < -0.3 is 10.2 Å². The molecule has 0 radical (unpaired) electrons. The molecular formula is C12H20N2O2. The van der Waals surface area contributed by atoms with E-state index in [4.69, 9.17) is 0 Å². The molecule has 1 heterocycles. The summed E-state index contributed by atoms with van der Waals surface area (Å²) in [7, 11) is 1.74. The molecule has 0 spiro atoms. The van der Waals surface area contributed by atoms with Gasteiger partial charge in [-0.1, -0.05) is 6.92 Å². The van der Waals surface area contributed by atoms with Crippen LogP contribution in [0.5, 0.6) is 0 Å². The molecule has 0 bridgehead atoms. The molecule has 2 amide bonds. The Morgan fingerprint density at radius 2 is 1.94 bits per heavy atom. The van der Waals surface area contributed by atoms with Crippen LogP contribution < -0.4 is 5.32 Å². The molecule has 16 heavy (non-hydrogen) atoms. The smallest absolute Gasteiger partial charge is 0.248 e. The maximum absolute atomic E-state index is 12.4. The van der Waals surface area contributed by atoms with Crippen LogP contribution in [-0.2, 0) is 9.59 Å². The summed E-state index contributed by atoms with van der Waals surface area (Å²) < 4.78 is 0. The van der Waals surface area contributed by atoms with Gasteiger partial charge in [0, 0.05) is 7.05 Å². The fraction of sp³-hybridized carbons (Fsp3) is 0.833. The minimum Gasteiger partial charge on any atom is -0.340 e. The van der Waals surface area contributed by atoms with E-state index in [1.807, 2.05) is 20.8 Å². The second-order valence-corrected chi connectivity index (χ2v) is 5.42. The minimum atomic E-state index is -0.689. The highest BCUT2D eigenvalue weighted by Crippen LogP contribution is 2.43. The first-order chi connectivity index (χ1) is 7.36. The number of piperazine rings is 1. The SMILES string of the molecule is CCC1(C)C(=O)NC(C)(C2CC2)C(=O)N1C. The molecule has 1 aliphatic carbocycles. The van der Waals surface area contributed by atoms with Gasteiger partial charge in [-0.2, -0.15) is 0 Å². The van der Waals surface area contributed by atoms with E-state index in [9.17, 15) is 9.59 Å². The van der Waals surface area contributed by atoms with Gasteiger partial charge in [-0.15, -0.1) is 0 Å². The van der Waals surface area contributed by atoms with Crippen molar-refractivity contribution in [3.05, 3.63) is 0 Å². The highest BCUT2D eigenvalue weighted by molar-refractivity contribution is 6.02. The fourth-order valence-electron chi connectivity index (χ4n) is 2.48. The lowest BCUT2D eigenvalue weighted by Crippen LogP contribution is -2.73. The Morgan fingerprint density at radius 1 is 1.38 bits per heavy atom. The first kappa shape index (κ1) is 11.4. The predicted octanol–water partition coefficient (Wildman–Crippen LogP) is 0.912. The van der Waals surface area contributed by atoms with Crippen LogP contribution in [0.15, 0.2) is 0 Å². The van der Waals surface area contributed by atoms with Gasteiger partial charge >= 0.3 is 0 Å². The Bertz CT molecular complexity index is 351. The summed E-state index contributed by atoms with van der Waals surface area (Å²) in [6.07, 6.45) is 2.72. The zero-order chi connectivity index (χ0) is 12.1. The van der Waals surface area contributed by atoms with Crippen molar-refractivity contribution in [2.75, 3.05) is 7.05 Å². The zero-order valence-electron chi connectivity index (χ0n) is 10.5. The van der Waals surface area contributed by atoms with Crippen molar-refractivity contribution < 1.29 is 9.59 Å². The summed E-state index contributed by atoms with van der Waals surface area (Å²) in [6, 6.07) is 0. The van der Waals surface area contributed by atoms with E-state index in [0.717, 1.165) is 12.8 Å². The minimum absolute atomic E-state index is 0.0218. The van der Waals surface area contributed by atoms with E-state index in [0.29, 0.717) is 12.3 Å². The number of carbonyl (C=O) groups excluding carboxylic acids is 2. The summed E-state index contributed by atoms with van der Waals surface area (Å²) in [6.45, 7) is 5.62. The van der Waals surface area contributed by atoms with Crippen molar-refractivity contribution in [1.82, 2.24) is 10.2 Å². The van der Waals surface area contributed by atoms with Crippen LogP contribution in [0.25, 0.3) is 0 Å². The second kappa shape index (κ2) is 3.22. The molecule has 0 aromatic rings. The van der Waals surface area contributed by atoms with Gasteiger partial charge in [-0.3, -0.25) is 9.59 Å². The average molecular weight is 224 g/mol. The molecule has 1 saturated heterocycles. The van der Waals surface area contributed by atoms with E-state index in [1.165, 1.54) is 0 Å². The molecule has 90 valence electrons. The number of nitrogens with zero attached hydrogens (tertiary/aromatic N) is 1. The van der Waals surface area contributed by atoms with Gasteiger partial charge in [0.25, 0.3) is 0 Å². The second-order valence-electron chi connectivity index (χ2n) is 5.42. The molecule has 1 N–H and O–H groups in total. The number of hydrogen-bond acceptors (Lipinski definition) is 2. The molecule has 4 heteroatoms. The van der Waals surface area contributed by atoms with Crippen molar-refractivity contribution in [2.45, 2.75) is 51.1 Å². The fourth-order valence-corrected chi connectivity index (χ4v) is 2.48. The lowest BCUT2D eigenvalue weighted by Gasteiger charge is -2.48. The summed E-state index contributed by atoms with van der Waals surface area (Å²) in [5, 5.41) is 2.95. The summed E-state index contributed by atoms with van der Waals surface area (Å²) in [5.41, 5.74) is -1.36. The first-order valence-corrected chi connectivity index (χ1v) is 5.97. The van der Waals surface area contributed by atoms with E-state index in [1.54, 1.807) is 11.9 Å². The molecule has 0 aromatic heterocycles. The first-order valence-electron chi connectivity index (χ1n) is 5.97. The molecule has 2 unspecified atom stereocenters. The molecule has 4 nitrogen and oxygen atoms in total. The van der Waals surface area contributed by atoms with Crippen molar-refractivity contribution in [2.24, 2.45) is 5.92 Å². The van der Waals surface area contributed by atoms with Crippen molar-refractivity contribution in [3.63, 3.8) is 0 Å². The van der Waals surface area contributed by atoms with E-state index in [-0.39, 0.29) is 11.8 Å². The lowest BCUT2D eigenvalue weighted by molar-refractivity contribution is -0.160. The molecular weight excluding hydrogens is 204 g/mol. The molecule has 2 rings (SSSR count). The highest BCUT2D eigenvalue weighted by atomic mass is 16.2. The van der Waals surface area contributed by atoms with Crippen molar-refractivity contribution >= 4 is 11.8 Å². The Balaban J connectivity index is 2.33. The van der Waals surface area contributed by atoms with Gasteiger partial charge in [0.05, 0.1) is 0 Å². The third kappa shape index (κ3) is 1.28. The lowest BCUT2D eigenvalue weighted by atomic mass is 9.83. The zero-order valence-corrected chi connectivity index (χ0v) is 10.5. The summed E-state index contributed by atoms with van der Waals surface area (Å²) in [5.74, 6) is 0.359. The monoisotopic (exact) mass is 224 g/mol. The van der Waals surface area contributed by atoms with Gasteiger partial charge in [0.1, 0.15) is 11.1 Å². The van der Waals surface area contributed by atoms with Gasteiger partial charge in [0.15, 0.2) is 0 Å². The van der Waals surface area contributed by atoms with Crippen LogP contribution in [-0.4, -0.2) is 34.8 Å². The van der Waals surface area contributed by atoms with Gasteiger partial charge in [0.2, 0.25) is 11.8 Å². The van der Waals surface area contributed by atoms with Gasteiger partial charge in [-0.25, -0.2) is 0 Å². The number of likely N-dealkylation sites (N-methyl/N-ethyl adjacent to an activating group) is 1. The Hall–Kier alpha value is -1.06. The van der Waals surface area contributed by atoms with E-state index in [2.05, 4.69) is 5.32 Å². The van der Waals surface area contributed by atoms with E-state index < -0.39 is 11.1 Å². The van der Waals surface area contributed by atoms with Crippen molar-refractivity contribution in [3.8, 4) is 0 Å². The molecule has 2 aliphatic rings. The Kier molecular flexibility index (Phi) is 2.30. The third-order valence-corrected chi connectivity index (χ3v) is 4.43. The molecule has 2 fully saturated rings. The van der Waals surface area contributed by atoms with Crippen molar-refractivity contribution in [1.29, 1.82) is 0 Å². The van der Waals surface area contributed by atoms with Gasteiger partial charge in [-0.05, 0) is 39.0 Å². The van der Waals surface area contributed by atoms with Crippen LogP contribution in [0, 0.1) is 5.92 Å². The molecule has 1 aliphatic heterocycles.